The van der Waals surface area contributed by atoms with E-state index in [1.54, 1.807) is 18.2 Å². The van der Waals surface area contributed by atoms with Gasteiger partial charge in [-0.25, -0.2) is 4.39 Å². The lowest BCUT2D eigenvalue weighted by atomic mass is 10.3. The quantitative estimate of drug-likeness (QED) is 0.677. The average molecular weight is 269 g/mol. The lowest BCUT2D eigenvalue weighted by Crippen LogP contribution is -2.30. The van der Waals surface area contributed by atoms with Crippen LogP contribution in [0.2, 0.25) is 0 Å². The first-order valence-electron chi connectivity index (χ1n) is 6.33. The standard InChI is InChI=1S/C14H20FNO3/c1-3-16(9-8-14(17)18-2)10-11-19-13-7-5-4-6-12(13)15/h4-7H,3,8-11H2,1-2H3. The Labute approximate surface area is 113 Å². The summed E-state index contributed by atoms with van der Waals surface area (Å²) in [5, 5.41) is 0. The van der Waals surface area contributed by atoms with Crippen LogP contribution in [-0.2, 0) is 9.53 Å². The Balaban J connectivity index is 2.30. The maximum Gasteiger partial charge on any atom is 0.306 e. The SMILES string of the molecule is CCN(CCOc1ccccc1F)CCC(=O)OC. The number of halogens is 1. The first kappa shape index (κ1) is 15.4. The zero-order chi connectivity index (χ0) is 14.1. The van der Waals surface area contributed by atoms with Crippen LogP contribution in [0, 0.1) is 5.82 Å². The predicted molar refractivity (Wildman–Crippen MR) is 70.6 cm³/mol. The Morgan fingerprint density at radius 2 is 2.05 bits per heavy atom. The second-order valence-electron chi connectivity index (χ2n) is 4.04. The molecule has 0 N–H and O–H groups in total. The second-order valence-corrected chi connectivity index (χ2v) is 4.04. The Morgan fingerprint density at radius 1 is 1.32 bits per heavy atom. The van der Waals surface area contributed by atoms with Crippen molar-refractivity contribution in [1.29, 1.82) is 0 Å². The zero-order valence-electron chi connectivity index (χ0n) is 11.4. The molecule has 0 bridgehead atoms. The summed E-state index contributed by atoms with van der Waals surface area (Å²) in [4.78, 5) is 13.1. The number of rotatable bonds is 8. The van der Waals surface area contributed by atoms with E-state index in [9.17, 15) is 9.18 Å². The molecule has 0 heterocycles. The number of nitrogens with zero attached hydrogens (tertiary/aromatic N) is 1. The molecule has 19 heavy (non-hydrogen) atoms. The normalized spacial score (nSPS) is 10.5. The molecule has 0 aliphatic heterocycles. The Kier molecular flexibility index (Phi) is 6.89. The van der Waals surface area contributed by atoms with Gasteiger partial charge in [0.1, 0.15) is 6.61 Å². The molecule has 0 saturated heterocycles. The van der Waals surface area contributed by atoms with Crippen LogP contribution < -0.4 is 4.74 Å². The van der Waals surface area contributed by atoms with E-state index in [0.717, 1.165) is 6.54 Å². The summed E-state index contributed by atoms with van der Waals surface area (Å²) in [5.41, 5.74) is 0. The van der Waals surface area contributed by atoms with Crippen molar-refractivity contribution in [2.75, 3.05) is 33.4 Å². The van der Waals surface area contributed by atoms with Crippen LogP contribution in [0.1, 0.15) is 13.3 Å². The van der Waals surface area contributed by atoms with Gasteiger partial charge in [0.05, 0.1) is 13.5 Å². The molecule has 4 nitrogen and oxygen atoms in total. The molecular weight excluding hydrogens is 249 g/mol. The molecule has 0 aliphatic rings. The Morgan fingerprint density at radius 3 is 2.68 bits per heavy atom. The first-order chi connectivity index (χ1) is 9.17. The second kappa shape index (κ2) is 8.48. The molecule has 5 heteroatoms. The summed E-state index contributed by atoms with van der Waals surface area (Å²) in [5.74, 6) is -0.333. The van der Waals surface area contributed by atoms with Crippen LogP contribution >= 0.6 is 0 Å². The van der Waals surface area contributed by atoms with Gasteiger partial charge >= 0.3 is 5.97 Å². The van der Waals surface area contributed by atoms with E-state index < -0.39 is 0 Å². The summed E-state index contributed by atoms with van der Waals surface area (Å²) in [6, 6.07) is 6.31. The van der Waals surface area contributed by atoms with Gasteiger partial charge < -0.3 is 9.47 Å². The van der Waals surface area contributed by atoms with Crippen molar-refractivity contribution >= 4 is 5.97 Å². The van der Waals surface area contributed by atoms with Crippen LogP contribution in [0.15, 0.2) is 24.3 Å². The number of carbonyl (C=O) groups excluding carboxylic acids is 1. The summed E-state index contributed by atoms with van der Waals surface area (Å²) in [6.07, 6.45) is 0.351. The number of likely N-dealkylation sites (N-methyl/N-ethyl adjacent to an activating group) is 1. The Bertz CT molecular complexity index is 398. The van der Waals surface area contributed by atoms with Gasteiger partial charge in [-0.3, -0.25) is 9.69 Å². The third-order valence-electron chi connectivity index (χ3n) is 2.81. The van der Waals surface area contributed by atoms with Crippen molar-refractivity contribution in [2.24, 2.45) is 0 Å². The van der Waals surface area contributed by atoms with Crippen LogP contribution in [0.25, 0.3) is 0 Å². The molecule has 1 aromatic carbocycles. The minimum absolute atomic E-state index is 0.228. The maximum absolute atomic E-state index is 13.3. The van der Waals surface area contributed by atoms with Crippen LogP contribution in [0.3, 0.4) is 0 Å². The molecule has 1 aromatic rings. The summed E-state index contributed by atoms with van der Waals surface area (Å²) in [7, 11) is 1.37. The van der Waals surface area contributed by atoms with Gasteiger partial charge in [0.2, 0.25) is 0 Å². The number of hydrogen-bond donors (Lipinski definition) is 0. The minimum Gasteiger partial charge on any atom is -0.489 e. The van der Waals surface area contributed by atoms with Crippen molar-refractivity contribution in [3.8, 4) is 5.75 Å². The van der Waals surface area contributed by atoms with Gasteiger partial charge in [0.15, 0.2) is 11.6 Å². The van der Waals surface area contributed by atoms with Gasteiger partial charge in [-0.2, -0.15) is 0 Å². The highest BCUT2D eigenvalue weighted by molar-refractivity contribution is 5.69. The largest absolute Gasteiger partial charge is 0.489 e. The number of para-hydroxylation sites is 1. The molecule has 0 saturated carbocycles. The molecule has 0 atom stereocenters. The fourth-order valence-electron chi connectivity index (χ4n) is 1.63. The van der Waals surface area contributed by atoms with E-state index in [-0.39, 0.29) is 17.5 Å². The van der Waals surface area contributed by atoms with E-state index in [0.29, 0.717) is 26.1 Å². The van der Waals surface area contributed by atoms with E-state index in [1.165, 1.54) is 13.2 Å². The fraction of sp³-hybridized carbons (Fsp3) is 0.500. The molecule has 0 aromatic heterocycles. The molecule has 0 aliphatic carbocycles. The van der Waals surface area contributed by atoms with E-state index in [2.05, 4.69) is 9.64 Å². The number of esters is 1. The first-order valence-corrected chi connectivity index (χ1v) is 6.33. The molecule has 1 rings (SSSR count). The maximum atomic E-state index is 13.3. The van der Waals surface area contributed by atoms with Crippen molar-refractivity contribution in [3.05, 3.63) is 30.1 Å². The topological polar surface area (TPSA) is 38.8 Å². The van der Waals surface area contributed by atoms with Crippen molar-refractivity contribution in [2.45, 2.75) is 13.3 Å². The smallest absolute Gasteiger partial charge is 0.306 e. The van der Waals surface area contributed by atoms with Crippen molar-refractivity contribution < 1.29 is 18.7 Å². The lowest BCUT2D eigenvalue weighted by molar-refractivity contribution is -0.141. The highest BCUT2D eigenvalue weighted by Gasteiger charge is 2.07. The van der Waals surface area contributed by atoms with Gasteiger partial charge in [0, 0.05) is 13.1 Å². The minimum atomic E-state index is -0.361. The van der Waals surface area contributed by atoms with Gasteiger partial charge in [-0.15, -0.1) is 0 Å². The van der Waals surface area contributed by atoms with E-state index in [4.69, 9.17) is 4.74 Å². The number of hydrogen-bond acceptors (Lipinski definition) is 4. The molecule has 0 amide bonds. The number of carbonyl (C=O) groups is 1. The molecule has 0 unspecified atom stereocenters. The van der Waals surface area contributed by atoms with Crippen molar-refractivity contribution in [3.63, 3.8) is 0 Å². The number of ether oxygens (including phenoxy) is 2. The highest BCUT2D eigenvalue weighted by atomic mass is 19.1. The molecule has 0 fully saturated rings. The summed E-state index contributed by atoms with van der Waals surface area (Å²) < 4.78 is 23.3. The monoisotopic (exact) mass is 269 g/mol. The third kappa shape index (κ3) is 5.70. The third-order valence-corrected chi connectivity index (χ3v) is 2.81. The molecule has 106 valence electrons. The predicted octanol–water partition coefficient (Wildman–Crippen LogP) is 2.09. The van der Waals surface area contributed by atoms with Crippen molar-refractivity contribution in [1.82, 2.24) is 4.90 Å². The van der Waals surface area contributed by atoms with Crippen LogP contribution in [0.5, 0.6) is 5.75 Å². The van der Waals surface area contributed by atoms with Crippen LogP contribution in [-0.4, -0.2) is 44.2 Å². The number of benzene rings is 1. The van der Waals surface area contributed by atoms with Gasteiger partial charge in [-0.05, 0) is 18.7 Å². The van der Waals surface area contributed by atoms with E-state index >= 15 is 0 Å². The Hall–Kier alpha value is -1.62. The number of methoxy groups -OCH3 is 1. The van der Waals surface area contributed by atoms with Crippen LogP contribution in [0.4, 0.5) is 4.39 Å². The highest BCUT2D eigenvalue weighted by Crippen LogP contribution is 2.15. The van der Waals surface area contributed by atoms with Gasteiger partial charge in [0.25, 0.3) is 0 Å². The average Bonchev–Trinajstić information content (AvgIpc) is 2.44. The fourth-order valence-corrected chi connectivity index (χ4v) is 1.63. The molecule has 0 spiro atoms. The lowest BCUT2D eigenvalue weighted by Gasteiger charge is -2.19. The van der Waals surface area contributed by atoms with Gasteiger partial charge in [-0.1, -0.05) is 19.1 Å². The summed E-state index contributed by atoms with van der Waals surface area (Å²) >= 11 is 0. The zero-order valence-corrected chi connectivity index (χ0v) is 11.4. The molecule has 0 radical (unpaired) electrons. The van der Waals surface area contributed by atoms with E-state index in [1.807, 2.05) is 6.92 Å². The molecular formula is C14H20FNO3. The summed E-state index contributed by atoms with van der Waals surface area (Å²) in [6.45, 7) is 4.44.